The van der Waals surface area contributed by atoms with Gasteiger partial charge in [0, 0.05) is 6.42 Å². The summed E-state index contributed by atoms with van der Waals surface area (Å²) in [5, 5.41) is 0.826. The average molecular weight is 267 g/mol. The average Bonchev–Trinajstić information content (AvgIpc) is 2.30. The van der Waals surface area contributed by atoms with Crippen LogP contribution in [0.1, 0.15) is 18.3 Å². The van der Waals surface area contributed by atoms with E-state index in [-0.39, 0.29) is 0 Å². The molecule has 4 heteroatoms. The molecule has 1 heterocycles. The minimum atomic E-state index is 0.413. The highest BCUT2D eigenvalue weighted by Gasteiger charge is 2.14. The van der Waals surface area contributed by atoms with Gasteiger partial charge in [-0.05, 0) is 18.1 Å². The van der Waals surface area contributed by atoms with Gasteiger partial charge in [0.1, 0.15) is 16.1 Å². The first kappa shape index (κ1) is 12.3. The van der Waals surface area contributed by atoms with E-state index in [1.54, 1.807) is 0 Å². The van der Waals surface area contributed by atoms with Crippen LogP contribution in [-0.2, 0) is 6.42 Å². The summed E-state index contributed by atoms with van der Waals surface area (Å²) in [4.78, 5) is 8.48. The first-order chi connectivity index (χ1) is 8.13. The maximum absolute atomic E-state index is 6.18. The van der Waals surface area contributed by atoms with Gasteiger partial charge in [0.2, 0.25) is 0 Å². The van der Waals surface area contributed by atoms with Crippen molar-refractivity contribution in [3.8, 4) is 11.1 Å². The predicted molar refractivity (Wildman–Crippen MR) is 71.6 cm³/mol. The van der Waals surface area contributed by atoms with Crippen molar-refractivity contribution in [2.45, 2.75) is 20.3 Å². The Morgan fingerprint density at radius 3 is 2.18 bits per heavy atom. The Bertz CT molecular complexity index is 530. The molecule has 2 aromatic rings. The van der Waals surface area contributed by atoms with Crippen LogP contribution in [0.25, 0.3) is 11.1 Å². The van der Waals surface area contributed by atoms with E-state index in [0.29, 0.717) is 28.1 Å². The minimum absolute atomic E-state index is 0.413. The Morgan fingerprint density at radius 1 is 1.06 bits per heavy atom. The van der Waals surface area contributed by atoms with Crippen molar-refractivity contribution in [1.29, 1.82) is 0 Å². The van der Waals surface area contributed by atoms with Crippen molar-refractivity contribution >= 4 is 23.2 Å². The summed E-state index contributed by atoms with van der Waals surface area (Å²) < 4.78 is 0. The van der Waals surface area contributed by atoms with E-state index in [0.717, 1.165) is 11.1 Å². The van der Waals surface area contributed by atoms with Gasteiger partial charge in [-0.2, -0.15) is 0 Å². The lowest BCUT2D eigenvalue weighted by atomic mass is 10.0. The molecule has 17 heavy (non-hydrogen) atoms. The molecule has 0 atom stereocenters. The van der Waals surface area contributed by atoms with Gasteiger partial charge >= 0.3 is 0 Å². The van der Waals surface area contributed by atoms with Crippen molar-refractivity contribution in [2.24, 2.45) is 0 Å². The molecule has 0 unspecified atom stereocenters. The molecule has 0 saturated carbocycles. The van der Waals surface area contributed by atoms with Gasteiger partial charge in [0.15, 0.2) is 0 Å². The summed E-state index contributed by atoms with van der Waals surface area (Å²) in [6.07, 6.45) is 0.716. The van der Waals surface area contributed by atoms with Crippen molar-refractivity contribution < 1.29 is 0 Å². The monoisotopic (exact) mass is 266 g/mol. The number of hydrogen-bond donors (Lipinski definition) is 0. The normalized spacial score (nSPS) is 10.6. The van der Waals surface area contributed by atoms with Crippen LogP contribution in [0, 0.1) is 6.92 Å². The lowest BCUT2D eigenvalue weighted by Crippen LogP contribution is -1.97. The molecule has 0 spiro atoms. The fraction of sp³-hybridized carbons (Fsp3) is 0.231. The predicted octanol–water partition coefficient (Wildman–Crippen LogP) is 4.32. The van der Waals surface area contributed by atoms with Crippen molar-refractivity contribution in [1.82, 2.24) is 9.97 Å². The highest BCUT2D eigenvalue weighted by molar-refractivity contribution is 6.37. The molecule has 1 aromatic heterocycles. The zero-order valence-electron chi connectivity index (χ0n) is 9.67. The van der Waals surface area contributed by atoms with Crippen LogP contribution in [0.4, 0.5) is 0 Å². The number of hydrogen-bond acceptors (Lipinski definition) is 2. The lowest BCUT2D eigenvalue weighted by Gasteiger charge is -2.10. The second-order valence-electron chi connectivity index (χ2n) is 3.76. The molecule has 2 rings (SSSR count). The molecule has 0 amide bonds. The maximum Gasteiger partial charge on any atom is 0.142 e. The van der Waals surface area contributed by atoms with Crippen LogP contribution in [-0.4, -0.2) is 9.97 Å². The Morgan fingerprint density at radius 2 is 1.65 bits per heavy atom. The van der Waals surface area contributed by atoms with Crippen molar-refractivity contribution in [3.63, 3.8) is 0 Å². The molecular formula is C13H12Cl2N2. The van der Waals surface area contributed by atoms with E-state index in [4.69, 9.17) is 23.2 Å². The largest absolute Gasteiger partial charge is 0.220 e. The lowest BCUT2D eigenvalue weighted by molar-refractivity contribution is 0.941. The van der Waals surface area contributed by atoms with E-state index >= 15 is 0 Å². The summed E-state index contributed by atoms with van der Waals surface area (Å²) in [7, 11) is 0. The Kier molecular flexibility index (Phi) is 3.65. The Balaban J connectivity index is 2.64. The number of rotatable bonds is 2. The van der Waals surface area contributed by atoms with E-state index in [2.05, 4.69) is 9.97 Å². The molecule has 0 saturated heterocycles. The van der Waals surface area contributed by atoms with Gasteiger partial charge < -0.3 is 0 Å². The molecule has 0 aliphatic heterocycles. The number of aryl methyl sites for hydroxylation is 2. The van der Waals surface area contributed by atoms with Crippen LogP contribution >= 0.6 is 23.2 Å². The number of benzene rings is 1. The third-order valence-corrected chi connectivity index (χ3v) is 3.14. The van der Waals surface area contributed by atoms with Crippen LogP contribution in [0.15, 0.2) is 24.3 Å². The smallest absolute Gasteiger partial charge is 0.142 e. The molecule has 88 valence electrons. The summed E-state index contributed by atoms with van der Waals surface area (Å²) in [6.45, 7) is 3.98. The molecule has 0 fully saturated rings. The Labute approximate surface area is 111 Å². The third kappa shape index (κ3) is 2.43. The first-order valence-electron chi connectivity index (χ1n) is 5.41. The summed E-state index contributed by atoms with van der Waals surface area (Å²) in [6, 6.07) is 7.90. The highest BCUT2D eigenvalue weighted by atomic mass is 35.5. The standard InChI is InChI=1S/C13H12Cl2N2/c1-3-10-16-12(14)11(13(15)17-10)9-7-5-4-6-8(9)2/h4-7H,3H2,1-2H3. The van der Waals surface area contributed by atoms with Gasteiger partial charge in [0.25, 0.3) is 0 Å². The fourth-order valence-corrected chi connectivity index (χ4v) is 2.31. The first-order valence-corrected chi connectivity index (χ1v) is 6.17. The molecular weight excluding hydrogens is 255 g/mol. The fourth-order valence-electron chi connectivity index (χ4n) is 1.68. The second-order valence-corrected chi connectivity index (χ2v) is 4.48. The number of nitrogens with zero attached hydrogens (tertiary/aromatic N) is 2. The summed E-state index contributed by atoms with van der Waals surface area (Å²) >= 11 is 12.4. The van der Waals surface area contributed by atoms with Crippen LogP contribution in [0.5, 0.6) is 0 Å². The van der Waals surface area contributed by atoms with E-state index in [1.807, 2.05) is 38.1 Å². The summed E-state index contributed by atoms with van der Waals surface area (Å²) in [5.41, 5.74) is 2.79. The van der Waals surface area contributed by atoms with E-state index in [9.17, 15) is 0 Å². The molecule has 0 N–H and O–H groups in total. The van der Waals surface area contributed by atoms with Crippen molar-refractivity contribution in [3.05, 3.63) is 46.0 Å². The maximum atomic E-state index is 6.18. The highest BCUT2D eigenvalue weighted by Crippen LogP contribution is 2.34. The molecule has 0 aliphatic carbocycles. The van der Waals surface area contributed by atoms with E-state index < -0.39 is 0 Å². The number of halogens is 2. The van der Waals surface area contributed by atoms with Gasteiger partial charge in [-0.1, -0.05) is 54.4 Å². The number of aromatic nitrogens is 2. The van der Waals surface area contributed by atoms with Crippen molar-refractivity contribution in [2.75, 3.05) is 0 Å². The third-order valence-electron chi connectivity index (χ3n) is 2.60. The zero-order valence-corrected chi connectivity index (χ0v) is 11.2. The molecule has 1 aromatic carbocycles. The topological polar surface area (TPSA) is 25.8 Å². The Hall–Kier alpha value is -1.12. The van der Waals surface area contributed by atoms with Crippen LogP contribution in [0.3, 0.4) is 0 Å². The second kappa shape index (κ2) is 5.03. The van der Waals surface area contributed by atoms with E-state index in [1.165, 1.54) is 0 Å². The molecule has 0 bridgehead atoms. The SMILES string of the molecule is CCc1nc(Cl)c(-c2ccccc2C)c(Cl)n1. The van der Waals surface area contributed by atoms with Gasteiger partial charge in [0.05, 0.1) is 5.56 Å². The molecule has 2 nitrogen and oxygen atoms in total. The van der Waals surface area contributed by atoms with Gasteiger partial charge in [-0.15, -0.1) is 0 Å². The zero-order chi connectivity index (χ0) is 12.4. The minimum Gasteiger partial charge on any atom is -0.220 e. The summed E-state index contributed by atoms with van der Waals surface area (Å²) in [5.74, 6) is 0.664. The van der Waals surface area contributed by atoms with Crippen LogP contribution < -0.4 is 0 Å². The van der Waals surface area contributed by atoms with Gasteiger partial charge in [-0.25, -0.2) is 9.97 Å². The van der Waals surface area contributed by atoms with Crippen LogP contribution in [0.2, 0.25) is 10.3 Å². The molecule has 0 radical (unpaired) electrons. The molecule has 0 aliphatic rings. The van der Waals surface area contributed by atoms with Gasteiger partial charge in [-0.3, -0.25) is 0 Å². The quantitative estimate of drug-likeness (QED) is 0.757.